The molecule has 1 rings (SSSR count). The minimum Gasteiger partial charge on any atom is -0.370 e. The van der Waals surface area contributed by atoms with Crippen molar-refractivity contribution in [2.24, 2.45) is 16.5 Å². The molecule has 0 saturated carbocycles. The van der Waals surface area contributed by atoms with Crippen LogP contribution in [0.2, 0.25) is 0 Å². The summed E-state index contributed by atoms with van der Waals surface area (Å²) in [5.41, 5.74) is 15.7. The fourth-order valence-electron chi connectivity index (χ4n) is 1.97. The van der Waals surface area contributed by atoms with Crippen LogP contribution < -0.4 is 11.5 Å². The third-order valence-corrected chi connectivity index (χ3v) is 2.80. The van der Waals surface area contributed by atoms with Crippen LogP contribution in [0.25, 0.3) is 0 Å². The van der Waals surface area contributed by atoms with E-state index >= 15 is 0 Å². The van der Waals surface area contributed by atoms with Crippen molar-refractivity contribution >= 4 is 11.6 Å². The van der Waals surface area contributed by atoms with E-state index in [0.29, 0.717) is 11.8 Å². The molecule has 0 saturated heterocycles. The molecule has 0 aliphatic carbocycles. The van der Waals surface area contributed by atoms with E-state index in [0.717, 1.165) is 5.69 Å². The molecule has 0 aliphatic rings. The van der Waals surface area contributed by atoms with Crippen molar-refractivity contribution < 1.29 is 0 Å². The van der Waals surface area contributed by atoms with E-state index < -0.39 is 0 Å². The molecule has 1 aromatic rings. The molecule has 0 heterocycles. The Morgan fingerprint density at radius 2 is 1.41 bits per heavy atom. The number of rotatable bonds is 3. The first-order valence-corrected chi connectivity index (χ1v) is 6.07. The second-order valence-electron chi connectivity index (χ2n) is 5.14. The maximum absolute atomic E-state index is 5.53. The van der Waals surface area contributed by atoms with Crippen LogP contribution in [-0.4, -0.2) is 5.96 Å². The number of benzene rings is 1. The summed E-state index contributed by atoms with van der Waals surface area (Å²) in [5.74, 6) is 0.939. The van der Waals surface area contributed by atoms with Gasteiger partial charge in [0.25, 0.3) is 0 Å². The lowest BCUT2D eigenvalue weighted by Gasteiger charge is -2.18. The smallest absolute Gasteiger partial charge is 0.191 e. The van der Waals surface area contributed by atoms with Gasteiger partial charge < -0.3 is 11.5 Å². The lowest BCUT2D eigenvalue weighted by atomic mass is 9.91. The van der Waals surface area contributed by atoms with Crippen molar-refractivity contribution in [2.75, 3.05) is 0 Å². The van der Waals surface area contributed by atoms with Gasteiger partial charge in [0.05, 0.1) is 5.69 Å². The van der Waals surface area contributed by atoms with E-state index in [1.54, 1.807) is 0 Å². The van der Waals surface area contributed by atoms with Crippen LogP contribution in [-0.2, 0) is 0 Å². The second-order valence-corrected chi connectivity index (χ2v) is 5.14. The minimum absolute atomic E-state index is 0.123. The third-order valence-electron chi connectivity index (χ3n) is 2.80. The molecule has 1 aromatic carbocycles. The maximum atomic E-state index is 5.53. The number of hydrogen-bond acceptors (Lipinski definition) is 1. The Labute approximate surface area is 104 Å². The van der Waals surface area contributed by atoms with Crippen LogP contribution in [0.5, 0.6) is 0 Å². The van der Waals surface area contributed by atoms with Crippen LogP contribution in [0.4, 0.5) is 5.69 Å². The Morgan fingerprint density at radius 1 is 1.00 bits per heavy atom. The number of aryl methyl sites for hydroxylation is 1. The molecule has 0 fully saturated rings. The van der Waals surface area contributed by atoms with E-state index in [-0.39, 0.29) is 5.96 Å². The summed E-state index contributed by atoms with van der Waals surface area (Å²) in [7, 11) is 0. The van der Waals surface area contributed by atoms with Crippen LogP contribution in [0.3, 0.4) is 0 Å². The molecule has 17 heavy (non-hydrogen) atoms. The van der Waals surface area contributed by atoms with Gasteiger partial charge >= 0.3 is 0 Å². The molecular weight excluding hydrogens is 210 g/mol. The molecule has 0 unspecified atom stereocenters. The zero-order chi connectivity index (χ0) is 13.2. The van der Waals surface area contributed by atoms with Gasteiger partial charge in [-0.15, -0.1) is 0 Å². The Hall–Kier alpha value is -1.51. The molecular formula is C14H23N3. The molecule has 3 heteroatoms. The summed E-state index contributed by atoms with van der Waals surface area (Å²) in [5, 5.41) is 0. The van der Waals surface area contributed by atoms with E-state index in [1.165, 1.54) is 16.7 Å². The Bertz CT molecular complexity index is 398. The molecule has 0 radical (unpaired) electrons. The molecule has 0 bridgehead atoms. The highest BCUT2D eigenvalue weighted by atomic mass is 15.0. The number of hydrogen-bond donors (Lipinski definition) is 2. The summed E-state index contributed by atoms with van der Waals surface area (Å²) in [4.78, 5) is 4.32. The monoisotopic (exact) mass is 233 g/mol. The average Bonchev–Trinajstić information content (AvgIpc) is 2.18. The Kier molecular flexibility index (Phi) is 4.16. The molecule has 94 valence electrons. The standard InChI is InChI=1S/C14H23N3/c1-8(2)11-6-10(5)7-12(9(3)4)13(11)17-14(15)16/h6-9H,1-5H3,(H4,15,16,17). The largest absolute Gasteiger partial charge is 0.370 e. The highest BCUT2D eigenvalue weighted by Crippen LogP contribution is 2.35. The van der Waals surface area contributed by atoms with Gasteiger partial charge in [-0.25, -0.2) is 4.99 Å². The Balaban J connectivity index is 3.53. The molecule has 0 atom stereocenters. The summed E-state index contributed by atoms with van der Waals surface area (Å²) in [6.45, 7) is 10.7. The maximum Gasteiger partial charge on any atom is 0.191 e. The van der Waals surface area contributed by atoms with Gasteiger partial charge in [0.1, 0.15) is 0 Å². The SMILES string of the molecule is Cc1cc(C(C)C)c(N=C(N)N)c(C(C)C)c1. The molecule has 4 N–H and O–H groups in total. The summed E-state index contributed by atoms with van der Waals surface area (Å²) < 4.78 is 0. The zero-order valence-corrected chi connectivity index (χ0v) is 11.4. The minimum atomic E-state index is 0.123. The van der Waals surface area contributed by atoms with Crippen molar-refractivity contribution in [3.63, 3.8) is 0 Å². The van der Waals surface area contributed by atoms with Crippen LogP contribution in [0.1, 0.15) is 56.2 Å². The number of nitrogens with two attached hydrogens (primary N) is 2. The molecule has 0 spiro atoms. The van der Waals surface area contributed by atoms with Crippen LogP contribution in [0, 0.1) is 6.92 Å². The van der Waals surface area contributed by atoms with Crippen molar-refractivity contribution in [1.82, 2.24) is 0 Å². The second kappa shape index (κ2) is 5.21. The highest BCUT2D eigenvalue weighted by molar-refractivity contribution is 5.80. The van der Waals surface area contributed by atoms with Crippen molar-refractivity contribution in [3.05, 3.63) is 28.8 Å². The van der Waals surface area contributed by atoms with E-state index in [2.05, 4.69) is 51.7 Å². The topological polar surface area (TPSA) is 64.4 Å². The van der Waals surface area contributed by atoms with Gasteiger partial charge in [-0.05, 0) is 29.9 Å². The molecule has 3 nitrogen and oxygen atoms in total. The predicted octanol–water partition coefficient (Wildman–Crippen LogP) is 3.15. The molecule has 0 amide bonds. The van der Waals surface area contributed by atoms with Crippen LogP contribution in [0.15, 0.2) is 17.1 Å². The Morgan fingerprint density at radius 3 is 1.71 bits per heavy atom. The number of nitrogens with zero attached hydrogens (tertiary/aromatic N) is 1. The summed E-state index contributed by atoms with van der Waals surface area (Å²) >= 11 is 0. The average molecular weight is 233 g/mol. The number of guanidine groups is 1. The molecule has 0 aromatic heterocycles. The van der Waals surface area contributed by atoms with E-state index in [9.17, 15) is 0 Å². The summed E-state index contributed by atoms with van der Waals surface area (Å²) in [6.07, 6.45) is 0. The van der Waals surface area contributed by atoms with E-state index in [4.69, 9.17) is 11.5 Å². The lowest BCUT2D eigenvalue weighted by molar-refractivity contribution is 0.831. The van der Waals surface area contributed by atoms with Crippen molar-refractivity contribution in [3.8, 4) is 0 Å². The van der Waals surface area contributed by atoms with Crippen molar-refractivity contribution in [1.29, 1.82) is 0 Å². The van der Waals surface area contributed by atoms with Gasteiger partial charge in [0.2, 0.25) is 0 Å². The van der Waals surface area contributed by atoms with Gasteiger partial charge in [-0.1, -0.05) is 45.4 Å². The highest BCUT2D eigenvalue weighted by Gasteiger charge is 2.14. The van der Waals surface area contributed by atoms with Gasteiger partial charge in [-0.2, -0.15) is 0 Å². The fourth-order valence-corrected chi connectivity index (χ4v) is 1.97. The quantitative estimate of drug-likeness (QED) is 0.622. The van der Waals surface area contributed by atoms with E-state index in [1.807, 2.05) is 0 Å². The third kappa shape index (κ3) is 3.22. The normalized spacial score (nSPS) is 11.0. The lowest BCUT2D eigenvalue weighted by Crippen LogP contribution is -2.22. The predicted molar refractivity (Wildman–Crippen MR) is 74.8 cm³/mol. The van der Waals surface area contributed by atoms with Gasteiger partial charge in [0, 0.05) is 0 Å². The first-order chi connectivity index (χ1) is 7.82. The first kappa shape index (κ1) is 13.6. The van der Waals surface area contributed by atoms with Gasteiger partial charge in [0.15, 0.2) is 5.96 Å². The van der Waals surface area contributed by atoms with Gasteiger partial charge in [-0.3, -0.25) is 0 Å². The molecule has 0 aliphatic heterocycles. The first-order valence-electron chi connectivity index (χ1n) is 6.07. The number of aliphatic imine (C=N–C) groups is 1. The summed E-state index contributed by atoms with van der Waals surface area (Å²) in [6, 6.07) is 4.33. The van der Waals surface area contributed by atoms with Crippen LogP contribution >= 0.6 is 0 Å². The fraction of sp³-hybridized carbons (Fsp3) is 0.500. The van der Waals surface area contributed by atoms with Crippen molar-refractivity contribution in [2.45, 2.75) is 46.5 Å². The zero-order valence-electron chi connectivity index (χ0n) is 11.4.